The zero-order chi connectivity index (χ0) is 23.1. The summed E-state index contributed by atoms with van der Waals surface area (Å²) in [7, 11) is 0. The number of nitrogens with zero attached hydrogens (tertiary/aromatic N) is 5. The molecule has 2 aliphatic heterocycles. The van der Waals surface area contributed by atoms with Crippen molar-refractivity contribution in [3.05, 3.63) is 75.7 Å². The van der Waals surface area contributed by atoms with Crippen molar-refractivity contribution in [2.75, 3.05) is 13.1 Å². The second-order valence-corrected chi connectivity index (χ2v) is 8.65. The number of benzene rings is 1. The van der Waals surface area contributed by atoms with E-state index in [0.29, 0.717) is 43.0 Å². The van der Waals surface area contributed by atoms with Crippen molar-refractivity contribution in [2.24, 2.45) is 0 Å². The number of nitriles is 1. The maximum Gasteiger partial charge on any atom is 0.338 e. The number of Topliss-reactive ketones (excluding diaryl/α,β-unsaturated/α-hetero) is 1. The van der Waals surface area contributed by atoms with Gasteiger partial charge in [0.1, 0.15) is 18.5 Å². The molecule has 166 valence electrons. The maximum atomic E-state index is 12.8. The van der Waals surface area contributed by atoms with E-state index in [1.165, 1.54) is 0 Å². The Hall–Kier alpha value is -3.83. The summed E-state index contributed by atoms with van der Waals surface area (Å²) < 4.78 is 6.87. The molecule has 0 aliphatic carbocycles. The largest absolute Gasteiger partial charge is 0.457 e. The first-order valence-electron chi connectivity index (χ1n) is 10.9. The van der Waals surface area contributed by atoms with Gasteiger partial charge in [-0.1, -0.05) is 6.07 Å². The molecule has 1 unspecified atom stereocenters. The van der Waals surface area contributed by atoms with Crippen molar-refractivity contribution >= 4 is 11.8 Å². The number of ether oxygens (including phenoxy) is 1. The number of piperidine rings is 1. The Morgan fingerprint density at radius 1 is 1.24 bits per heavy atom. The summed E-state index contributed by atoms with van der Waals surface area (Å²) in [6.07, 6.45) is 5.79. The topological polar surface area (TPSA) is 101 Å². The molecule has 1 atom stereocenters. The average molecular weight is 441 g/mol. The Labute approximate surface area is 191 Å². The minimum atomic E-state index is -0.291. The van der Waals surface area contributed by atoms with Crippen LogP contribution in [0, 0.1) is 25.2 Å². The molecule has 0 saturated carbocycles. The van der Waals surface area contributed by atoms with Crippen LogP contribution in [0.5, 0.6) is 0 Å². The zero-order valence-electron chi connectivity index (χ0n) is 18.5. The van der Waals surface area contributed by atoms with Crippen LogP contribution < -0.4 is 0 Å². The van der Waals surface area contributed by atoms with Crippen molar-refractivity contribution in [3.63, 3.8) is 0 Å². The van der Waals surface area contributed by atoms with E-state index in [9.17, 15) is 9.59 Å². The lowest BCUT2D eigenvalue weighted by Gasteiger charge is -2.32. The lowest BCUT2D eigenvalue weighted by Crippen LogP contribution is -2.39. The number of esters is 1. The molecular formula is C25H23N5O3. The number of cyclic esters (lactones) is 1. The van der Waals surface area contributed by atoms with E-state index in [1.54, 1.807) is 16.9 Å². The number of ketones is 1. The molecular weight excluding hydrogens is 418 g/mol. The Morgan fingerprint density at radius 2 is 2.09 bits per heavy atom. The fourth-order valence-corrected chi connectivity index (χ4v) is 4.66. The van der Waals surface area contributed by atoms with Gasteiger partial charge in [-0.05, 0) is 42.7 Å². The van der Waals surface area contributed by atoms with E-state index in [-0.39, 0.29) is 24.3 Å². The molecule has 3 aromatic rings. The summed E-state index contributed by atoms with van der Waals surface area (Å²) in [6.45, 7) is 6.11. The van der Waals surface area contributed by atoms with Crippen LogP contribution in [-0.2, 0) is 22.7 Å². The van der Waals surface area contributed by atoms with Gasteiger partial charge < -0.3 is 4.74 Å². The third kappa shape index (κ3) is 3.81. The Kier molecular flexibility index (Phi) is 5.27. The minimum absolute atomic E-state index is 0.224. The summed E-state index contributed by atoms with van der Waals surface area (Å²) in [6, 6.07) is 7.66. The van der Waals surface area contributed by atoms with Gasteiger partial charge in [0, 0.05) is 49.6 Å². The minimum Gasteiger partial charge on any atom is -0.457 e. The number of pyridine rings is 1. The highest BCUT2D eigenvalue weighted by Gasteiger charge is 2.32. The van der Waals surface area contributed by atoms with Gasteiger partial charge in [-0.3, -0.25) is 9.69 Å². The van der Waals surface area contributed by atoms with Crippen molar-refractivity contribution in [1.29, 1.82) is 5.26 Å². The van der Waals surface area contributed by atoms with Gasteiger partial charge in [0.05, 0.1) is 23.2 Å². The Bertz CT molecular complexity index is 1320. The standard InChI is InChI=1S/C25H23N5O3/c1-15-7-24(27-10-18(15)8-26)30-12-17(9-28-30)11-29-6-5-23(31)21(13-29)19-3-4-20-22(16(19)2)14-33-25(20)32/h3-4,7,9-10,12,21H,5-6,11,13-14H2,1-2H3. The van der Waals surface area contributed by atoms with Crippen LogP contribution in [-0.4, -0.2) is 44.5 Å². The maximum absolute atomic E-state index is 12.8. The number of aromatic nitrogens is 3. The molecule has 4 heterocycles. The summed E-state index contributed by atoms with van der Waals surface area (Å²) in [4.78, 5) is 31.3. The highest BCUT2D eigenvalue weighted by Crippen LogP contribution is 2.33. The van der Waals surface area contributed by atoms with E-state index >= 15 is 0 Å². The predicted octanol–water partition coefficient (Wildman–Crippen LogP) is 2.98. The Balaban J connectivity index is 1.33. The molecule has 0 radical (unpaired) electrons. The molecule has 8 nitrogen and oxygen atoms in total. The molecule has 33 heavy (non-hydrogen) atoms. The number of likely N-dealkylation sites (tertiary alicyclic amines) is 1. The first kappa shape index (κ1) is 21.0. The highest BCUT2D eigenvalue weighted by atomic mass is 16.5. The number of carbonyl (C=O) groups excluding carboxylic acids is 2. The highest BCUT2D eigenvalue weighted by molar-refractivity contribution is 5.94. The van der Waals surface area contributed by atoms with Crippen LogP contribution in [0.3, 0.4) is 0 Å². The van der Waals surface area contributed by atoms with E-state index < -0.39 is 0 Å². The zero-order valence-corrected chi connectivity index (χ0v) is 18.5. The van der Waals surface area contributed by atoms with Gasteiger partial charge >= 0.3 is 5.97 Å². The van der Waals surface area contributed by atoms with Crippen LogP contribution in [0.1, 0.15) is 56.1 Å². The van der Waals surface area contributed by atoms with Gasteiger partial charge in [-0.2, -0.15) is 10.4 Å². The fourth-order valence-electron chi connectivity index (χ4n) is 4.66. The third-order valence-corrected chi connectivity index (χ3v) is 6.58. The third-order valence-electron chi connectivity index (χ3n) is 6.58. The molecule has 2 aromatic heterocycles. The van der Waals surface area contributed by atoms with E-state index in [4.69, 9.17) is 10.00 Å². The number of carbonyl (C=O) groups is 2. The molecule has 0 bridgehead atoms. The van der Waals surface area contributed by atoms with Crippen LogP contribution in [0.25, 0.3) is 5.82 Å². The molecule has 5 rings (SSSR count). The van der Waals surface area contributed by atoms with Crippen LogP contribution in [0.4, 0.5) is 0 Å². The average Bonchev–Trinajstić information content (AvgIpc) is 3.43. The normalized spacial score (nSPS) is 18.2. The van der Waals surface area contributed by atoms with Crippen molar-refractivity contribution in [1.82, 2.24) is 19.7 Å². The van der Waals surface area contributed by atoms with Crippen LogP contribution >= 0.6 is 0 Å². The van der Waals surface area contributed by atoms with Crippen molar-refractivity contribution < 1.29 is 14.3 Å². The van der Waals surface area contributed by atoms with Crippen LogP contribution in [0.15, 0.2) is 36.8 Å². The van der Waals surface area contributed by atoms with Gasteiger partial charge in [-0.25, -0.2) is 14.5 Å². The monoisotopic (exact) mass is 441 g/mol. The summed E-state index contributed by atoms with van der Waals surface area (Å²) in [5.74, 6) is 0.375. The quantitative estimate of drug-likeness (QED) is 0.574. The van der Waals surface area contributed by atoms with E-state index in [0.717, 1.165) is 27.8 Å². The first-order valence-corrected chi connectivity index (χ1v) is 10.9. The number of fused-ring (bicyclic) bond motifs is 1. The molecule has 2 aliphatic rings. The summed E-state index contributed by atoms with van der Waals surface area (Å²) in [5.41, 5.74) is 5.89. The number of aryl methyl sites for hydroxylation is 1. The number of hydrogen-bond acceptors (Lipinski definition) is 7. The van der Waals surface area contributed by atoms with E-state index in [1.807, 2.05) is 38.4 Å². The molecule has 8 heteroatoms. The SMILES string of the molecule is Cc1cc(-n2cc(CN3CCC(=O)C(c4ccc5c(c4C)COC5=O)C3)cn2)ncc1C#N. The van der Waals surface area contributed by atoms with Gasteiger partial charge in [0.15, 0.2) is 5.82 Å². The van der Waals surface area contributed by atoms with Crippen molar-refractivity contribution in [2.45, 2.75) is 39.3 Å². The second-order valence-electron chi connectivity index (χ2n) is 8.65. The van der Waals surface area contributed by atoms with Gasteiger partial charge in [0.25, 0.3) is 0 Å². The molecule has 1 fully saturated rings. The van der Waals surface area contributed by atoms with E-state index in [2.05, 4.69) is 21.1 Å². The lowest BCUT2D eigenvalue weighted by atomic mass is 9.84. The molecule has 1 aromatic carbocycles. The molecule has 0 amide bonds. The van der Waals surface area contributed by atoms with Crippen LogP contribution in [0.2, 0.25) is 0 Å². The summed E-state index contributed by atoms with van der Waals surface area (Å²) >= 11 is 0. The van der Waals surface area contributed by atoms with Gasteiger partial charge in [0.2, 0.25) is 0 Å². The fraction of sp³-hybridized carbons (Fsp3) is 0.320. The number of rotatable bonds is 4. The second kappa shape index (κ2) is 8.26. The smallest absolute Gasteiger partial charge is 0.338 e. The number of hydrogen-bond donors (Lipinski definition) is 0. The first-order chi connectivity index (χ1) is 15.9. The van der Waals surface area contributed by atoms with Crippen molar-refractivity contribution in [3.8, 4) is 11.9 Å². The summed E-state index contributed by atoms with van der Waals surface area (Å²) in [5, 5.41) is 13.5. The molecule has 1 saturated heterocycles. The molecule has 0 spiro atoms. The Morgan fingerprint density at radius 3 is 2.88 bits per heavy atom. The lowest BCUT2D eigenvalue weighted by molar-refractivity contribution is -0.123. The van der Waals surface area contributed by atoms with Gasteiger partial charge in [-0.15, -0.1) is 0 Å². The predicted molar refractivity (Wildman–Crippen MR) is 119 cm³/mol. The molecule has 0 N–H and O–H groups in total.